The maximum atomic E-state index is 9.49. The number of ether oxygens (including phenoxy) is 2. The van der Waals surface area contributed by atoms with E-state index in [4.69, 9.17) is 9.47 Å². The third-order valence-electron chi connectivity index (χ3n) is 3.86. The Bertz CT molecular complexity index is 536. The Morgan fingerprint density at radius 1 is 1.38 bits per heavy atom. The molecule has 1 saturated carbocycles. The molecule has 2 rings (SSSR count). The number of nitrogens with one attached hydrogen (secondary N) is 1. The first kappa shape index (κ1) is 15.7. The Balaban J connectivity index is 2.07. The molecule has 0 radical (unpaired) electrons. The Labute approximate surface area is 127 Å². The van der Waals surface area contributed by atoms with Crippen LogP contribution in [0.25, 0.3) is 0 Å². The number of nitrogens with zero attached hydrogens (tertiary/aromatic N) is 1. The van der Waals surface area contributed by atoms with Gasteiger partial charge in [-0.1, -0.05) is 6.07 Å². The first-order valence-corrected chi connectivity index (χ1v) is 7.48. The Morgan fingerprint density at radius 3 is 2.76 bits per heavy atom. The summed E-state index contributed by atoms with van der Waals surface area (Å²) in [5.41, 5.74) is 0.676. The second kappa shape index (κ2) is 6.36. The van der Waals surface area contributed by atoms with Crippen molar-refractivity contribution in [2.45, 2.75) is 57.7 Å². The van der Waals surface area contributed by atoms with Crippen LogP contribution in [0.5, 0.6) is 11.5 Å². The Kier molecular flexibility index (Phi) is 4.74. The summed E-state index contributed by atoms with van der Waals surface area (Å²) in [6.45, 7) is 6.15. The minimum Gasteiger partial charge on any atom is -0.493 e. The fraction of sp³-hybridized carbons (Fsp3) is 0.588. The van der Waals surface area contributed by atoms with Crippen molar-refractivity contribution < 1.29 is 9.47 Å². The highest BCUT2D eigenvalue weighted by Gasteiger charge is 2.41. The second-order valence-corrected chi connectivity index (χ2v) is 6.13. The molecule has 114 valence electrons. The average Bonchev–Trinajstić information content (AvgIpc) is 2.83. The van der Waals surface area contributed by atoms with Crippen LogP contribution >= 0.6 is 0 Å². The van der Waals surface area contributed by atoms with Crippen LogP contribution in [0.2, 0.25) is 0 Å². The van der Waals surface area contributed by atoms with E-state index in [1.165, 1.54) is 0 Å². The van der Waals surface area contributed by atoms with Gasteiger partial charge in [0.1, 0.15) is 11.6 Å². The molecule has 4 heteroatoms. The first-order valence-electron chi connectivity index (χ1n) is 7.48. The van der Waals surface area contributed by atoms with Crippen LogP contribution in [0, 0.1) is 18.3 Å². The average molecular weight is 288 g/mol. The molecule has 0 aromatic heterocycles. The molecule has 1 aromatic carbocycles. The van der Waals surface area contributed by atoms with Gasteiger partial charge in [-0.25, -0.2) is 0 Å². The summed E-state index contributed by atoms with van der Waals surface area (Å²) in [7, 11) is 1.65. The first-order chi connectivity index (χ1) is 9.98. The lowest BCUT2D eigenvalue weighted by Gasteiger charge is -2.25. The number of aryl methyl sites for hydroxylation is 1. The maximum absolute atomic E-state index is 9.49. The van der Waals surface area contributed by atoms with Crippen molar-refractivity contribution >= 4 is 0 Å². The van der Waals surface area contributed by atoms with Crippen molar-refractivity contribution in [3.63, 3.8) is 0 Å². The highest BCUT2D eigenvalue weighted by molar-refractivity contribution is 5.42. The normalized spacial score (nSPS) is 24.9. The van der Waals surface area contributed by atoms with Crippen LogP contribution in [0.1, 0.15) is 38.7 Å². The highest BCUT2D eigenvalue weighted by Crippen LogP contribution is 2.36. The van der Waals surface area contributed by atoms with E-state index in [2.05, 4.69) is 25.2 Å². The highest BCUT2D eigenvalue weighted by atomic mass is 16.5. The summed E-state index contributed by atoms with van der Waals surface area (Å²) in [5.74, 6) is 1.51. The molecule has 0 saturated heterocycles. The van der Waals surface area contributed by atoms with E-state index in [-0.39, 0.29) is 12.1 Å². The Hall–Kier alpha value is -1.73. The van der Waals surface area contributed by atoms with Gasteiger partial charge in [0, 0.05) is 12.5 Å². The lowest BCUT2D eigenvalue weighted by Crippen LogP contribution is -2.46. The van der Waals surface area contributed by atoms with Crippen molar-refractivity contribution in [1.29, 1.82) is 5.26 Å². The minimum atomic E-state index is -0.462. The number of hydrogen-bond acceptors (Lipinski definition) is 4. The quantitative estimate of drug-likeness (QED) is 0.904. The van der Waals surface area contributed by atoms with Crippen molar-refractivity contribution in [3.05, 3.63) is 23.8 Å². The molecular weight excluding hydrogens is 264 g/mol. The van der Waals surface area contributed by atoms with E-state index < -0.39 is 5.54 Å². The van der Waals surface area contributed by atoms with Gasteiger partial charge in [0.05, 0.1) is 13.2 Å². The summed E-state index contributed by atoms with van der Waals surface area (Å²) >= 11 is 0. The lowest BCUT2D eigenvalue weighted by molar-refractivity contribution is 0.191. The fourth-order valence-electron chi connectivity index (χ4n) is 2.97. The van der Waals surface area contributed by atoms with Gasteiger partial charge in [-0.3, -0.25) is 5.32 Å². The molecular formula is C17H24N2O2. The van der Waals surface area contributed by atoms with Crippen LogP contribution in [-0.2, 0) is 0 Å². The van der Waals surface area contributed by atoms with Gasteiger partial charge in [-0.05, 0) is 51.3 Å². The predicted molar refractivity (Wildman–Crippen MR) is 82.6 cm³/mol. The van der Waals surface area contributed by atoms with Crippen molar-refractivity contribution in [1.82, 2.24) is 5.32 Å². The summed E-state index contributed by atoms with van der Waals surface area (Å²) < 4.78 is 11.4. The zero-order valence-corrected chi connectivity index (χ0v) is 13.3. The third-order valence-corrected chi connectivity index (χ3v) is 3.86. The minimum absolute atomic E-state index is 0.0486. The molecule has 1 aromatic rings. The number of rotatable bonds is 5. The van der Waals surface area contributed by atoms with Crippen molar-refractivity contribution in [2.75, 3.05) is 7.11 Å². The van der Waals surface area contributed by atoms with E-state index in [0.29, 0.717) is 6.42 Å². The molecule has 1 aliphatic carbocycles. The number of methoxy groups -OCH3 is 1. The van der Waals surface area contributed by atoms with Gasteiger partial charge in [0.15, 0.2) is 11.5 Å². The standard InChI is InChI=1S/C17H24N2O2/c1-12(2)19-17(11-18)8-7-14(10-17)21-15-6-5-13(3)9-16(15)20-4/h5-6,9,12,14,19H,7-8,10H2,1-4H3. The third kappa shape index (κ3) is 3.68. The van der Waals surface area contributed by atoms with Crippen molar-refractivity contribution in [3.8, 4) is 17.6 Å². The molecule has 2 atom stereocenters. The summed E-state index contributed by atoms with van der Waals surface area (Å²) in [6, 6.07) is 8.65. The van der Waals surface area contributed by atoms with Gasteiger partial charge < -0.3 is 9.47 Å². The summed E-state index contributed by atoms with van der Waals surface area (Å²) in [5, 5.41) is 12.9. The monoisotopic (exact) mass is 288 g/mol. The van der Waals surface area contributed by atoms with E-state index in [1.807, 2.05) is 25.1 Å². The van der Waals surface area contributed by atoms with Gasteiger partial charge in [-0.2, -0.15) is 5.26 Å². The van der Waals surface area contributed by atoms with Crippen LogP contribution in [0.3, 0.4) is 0 Å². The number of benzene rings is 1. The maximum Gasteiger partial charge on any atom is 0.161 e. The predicted octanol–water partition coefficient (Wildman–Crippen LogP) is 3.20. The number of hydrogen-bond donors (Lipinski definition) is 1. The fourth-order valence-corrected chi connectivity index (χ4v) is 2.97. The van der Waals surface area contributed by atoms with E-state index in [9.17, 15) is 5.26 Å². The summed E-state index contributed by atoms with van der Waals surface area (Å²) in [4.78, 5) is 0. The molecule has 0 aliphatic heterocycles. The van der Waals surface area contributed by atoms with Gasteiger partial charge in [0.25, 0.3) is 0 Å². The molecule has 1 fully saturated rings. The molecule has 4 nitrogen and oxygen atoms in total. The molecule has 2 unspecified atom stereocenters. The molecule has 1 N–H and O–H groups in total. The smallest absolute Gasteiger partial charge is 0.161 e. The van der Waals surface area contributed by atoms with Crippen LogP contribution < -0.4 is 14.8 Å². The topological polar surface area (TPSA) is 54.3 Å². The van der Waals surface area contributed by atoms with E-state index >= 15 is 0 Å². The van der Waals surface area contributed by atoms with Gasteiger partial charge >= 0.3 is 0 Å². The van der Waals surface area contributed by atoms with E-state index in [1.54, 1.807) is 7.11 Å². The zero-order chi connectivity index (χ0) is 15.5. The van der Waals surface area contributed by atoms with Crippen LogP contribution in [0.15, 0.2) is 18.2 Å². The lowest BCUT2D eigenvalue weighted by atomic mass is 9.98. The SMILES string of the molecule is COc1cc(C)ccc1OC1CCC(C#N)(NC(C)C)C1. The Morgan fingerprint density at radius 2 is 2.14 bits per heavy atom. The van der Waals surface area contributed by atoms with Crippen LogP contribution in [-0.4, -0.2) is 24.8 Å². The number of nitriles is 1. The molecule has 0 bridgehead atoms. The van der Waals surface area contributed by atoms with E-state index in [0.717, 1.165) is 29.9 Å². The molecule has 0 heterocycles. The molecule has 1 aliphatic rings. The van der Waals surface area contributed by atoms with Gasteiger partial charge in [-0.15, -0.1) is 0 Å². The zero-order valence-electron chi connectivity index (χ0n) is 13.3. The summed E-state index contributed by atoms with van der Waals surface area (Å²) in [6.07, 6.45) is 2.45. The molecule has 21 heavy (non-hydrogen) atoms. The molecule has 0 spiro atoms. The van der Waals surface area contributed by atoms with Crippen molar-refractivity contribution in [2.24, 2.45) is 0 Å². The second-order valence-electron chi connectivity index (χ2n) is 6.13. The van der Waals surface area contributed by atoms with Gasteiger partial charge in [0.2, 0.25) is 0 Å². The largest absolute Gasteiger partial charge is 0.493 e. The molecule has 0 amide bonds. The van der Waals surface area contributed by atoms with Crippen LogP contribution in [0.4, 0.5) is 0 Å².